The molecule has 11 heteroatoms. The number of nitrogens with zero attached hydrogens (tertiary/aromatic N) is 4. The monoisotopic (exact) mass is 600 g/mol. The molecule has 0 radical (unpaired) electrons. The molecular formula is C32H29FN4O5S. The quantitative estimate of drug-likeness (QED) is 0.241. The molecule has 0 bridgehead atoms. The van der Waals surface area contributed by atoms with Crippen molar-refractivity contribution in [3.63, 3.8) is 0 Å². The predicted octanol–water partition coefficient (Wildman–Crippen LogP) is 5.53. The van der Waals surface area contributed by atoms with Crippen LogP contribution in [-0.2, 0) is 27.2 Å². The number of thiazole rings is 1. The van der Waals surface area contributed by atoms with Gasteiger partial charge in [-0.2, -0.15) is 0 Å². The number of carbonyl (C=O) groups is 3. The predicted molar refractivity (Wildman–Crippen MR) is 161 cm³/mol. The Morgan fingerprint density at radius 3 is 2.67 bits per heavy atom. The van der Waals surface area contributed by atoms with Crippen molar-refractivity contribution in [3.05, 3.63) is 77.3 Å². The summed E-state index contributed by atoms with van der Waals surface area (Å²) in [5.41, 5.74) is 4.44. The summed E-state index contributed by atoms with van der Waals surface area (Å²) >= 11 is 1.30. The fourth-order valence-electron chi connectivity index (χ4n) is 5.44. The van der Waals surface area contributed by atoms with E-state index in [4.69, 9.17) is 9.72 Å². The summed E-state index contributed by atoms with van der Waals surface area (Å²) in [6.07, 6.45) is 3.59. The van der Waals surface area contributed by atoms with E-state index in [0.29, 0.717) is 34.4 Å². The fraction of sp³-hybridized carbons (Fsp3) is 0.281. The summed E-state index contributed by atoms with van der Waals surface area (Å²) in [6.45, 7) is -0.994. The first-order valence-corrected chi connectivity index (χ1v) is 14.8. The lowest BCUT2D eigenvalue weighted by Gasteiger charge is -2.25. The SMILES string of the molecule is CN1C(=O)Cc2cc(-c3ccc(OCF)cc3-c3csc(N(C(=O)C(CC(=O)O)Cc4ccccc4)C4CC4)n3)cnc21. The molecule has 2 aromatic carbocycles. The standard InChI is InChI=1S/C32H29FN4O5S/c1-36-28(38)13-20-12-22(16-34-30(20)36)25-10-9-24(42-18-33)15-26(25)27-17-43-32(35-27)37(23-7-8-23)31(41)21(14-29(39)40)11-19-5-3-2-4-6-19/h2-6,9-10,12,15-17,21,23H,7-8,11,13-14,18H2,1H3,(H,39,40). The molecule has 1 saturated carbocycles. The van der Waals surface area contributed by atoms with Gasteiger partial charge in [-0.3, -0.25) is 24.2 Å². The molecule has 4 aromatic rings. The average Bonchev–Trinajstić information content (AvgIpc) is 3.64. The van der Waals surface area contributed by atoms with Gasteiger partial charge in [0.05, 0.1) is 24.5 Å². The van der Waals surface area contributed by atoms with Gasteiger partial charge in [-0.25, -0.2) is 14.4 Å². The van der Waals surface area contributed by atoms with E-state index < -0.39 is 18.7 Å². The molecule has 1 fully saturated rings. The number of halogens is 1. The molecule has 1 aliphatic carbocycles. The van der Waals surface area contributed by atoms with Crippen molar-refractivity contribution in [1.29, 1.82) is 0 Å². The zero-order valence-electron chi connectivity index (χ0n) is 23.4. The number of pyridine rings is 1. The van der Waals surface area contributed by atoms with E-state index in [9.17, 15) is 23.9 Å². The minimum Gasteiger partial charge on any atom is -0.481 e. The number of anilines is 2. The lowest BCUT2D eigenvalue weighted by Crippen LogP contribution is -2.39. The van der Waals surface area contributed by atoms with Crippen molar-refractivity contribution in [2.45, 2.75) is 38.1 Å². The topological polar surface area (TPSA) is 113 Å². The first-order valence-electron chi connectivity index (χ1n) is 14.0. The van der Waals surface area contributed by atoms with Crippen LogP contribution in [0.3, 0.4) is 0 Å². The summed E-state index contributed by atoms with van der Waals surface area (Å²) in [5.74, 6) is -1.14. The number of aliphatic carboxylic acids is 1. The van der Waals surface area contributed by atoms with Gasteiger partial charge in [0.2, 0.25) is 18.7 Å². The van der Waals surface area contributed by atoms with Crippen molar-refractivity contribution in [2.75, 3.05) is 23.7 Å². The van der Waals surface area contributed by atoms with Crippen molar-refractivity contribution in [1.82, 2.24) is 9.97 Å². The molecule has 1 atom stereocenters. The van der Waals surface area contributed by atoms with Gasteiger partial charge in [-0.1, -0.05) is 30.3 Å². The molecule has 0 saturated heterocycles. The smallest absolute Gasteiger partial charge is 0.304 e. The van der Waals surface area contributed by atoms with Crippen molar-refractivity contribution < 1.29 is 28.6 Å². The number of likely N-dealkylation sites (N-methyl/N-ethyl adjacent to an activating group) is 1. The third kappa shape index (κ3) is 5.98. The molecule has 2 amide bonds. The van der Waals surface area contributed by atoms with Gasteiger partial charge in [-0.15, -0.1) is 11.3 Å². The lowest BCUT2D eigenvalue weighted by atomic mass is 9.94. The van der Waals surface area contributed by atoms with Crippen LogP contribution in [-0.4, -0.2) is 52.8 Å². The number of aromatic nitrogens is 2. The maximum absolute atomic E-state index is 13.9. The van der Waals surface area contributed by atoms with Gasteiger partial charge in [0.25, 0.3) is 0 Å². The number of carbonyl (C=O) groups excluding carboxylic acids is 2. The van der Waals surface area contributed by atoms with Gasteiger partial charge in [-0.05, 0) is 54.7 Å². The van der Waals surface area contributed by atoms with Gasteiger partial charge >= 0.3 is 5.97 Å². The van der Waals surface area contributed by atoms with Crippen LogP contribution < -0.4 is 14.5 Å². The van der Waals surface area contributed by atoms with Gasteiger partial charge < -0.3 is 9.84 Å². The molecule has 1 aliphatic heterocycles. The number of carboxylic acids is 1. The van der Waals surface area contributed by atoms with Crippen LogP contribution in [0, 0.1) is 5.92 Å². The van der Waals surface area contributed by atoms with Crippen LogP contribution in [0.15, 0.2) is 66.2 Å². The molecule has 1 N–H and O–H groups in total. The number of fused-ring (bicyclic) bond motifs is 1. The summed E-state index contributed by atoms with van der Waals surface area (Å²) in [4.78, 5) is 50.5. The van der Waals surface area contributed by atoms with E-state index in [1.54, 1.807) is 36.3 Å². The highest BCUT2D eigenvalue weighted by Crippen LogP contribution is 2.41. The molecular weight excluding hydrogens is 571 g/mol. The molecule has 2 aliphatic rings. The van der Waals surface area contributed by atoms with Crippen molar-refractivity contribution in [3.8, 4) is 28.1 Å². The molecule has 1 unspecified atom stereocenters. The van der Waals surface area contributed by atoms with Gasteiger partial charge in [0.1, 0.15) is 11.6 Å². The van der Waals surface area contributed by atoms with E-state index >= 15 is 0 Å². The van der Waals surface area contributed by atoms with Gasteiger partial charge in [0, 0.05) is 41.4 Å². The highest BCUT2D eigenvalue weighted by atomic mass is 32.1. The lowest BCUT2D eigenvalue weighted by molar-refractivity contribution is -0.140. The minimum absolute atomic E-state index is 0.0333. The minimum atomic E-state index is -1.03. The zero-order valence-corrected chi connectivity index (χ0v) is 24.2. The van der Waals surface area contributed by atoms with Crippen LogP contribution in [0.1, 0.15) is 30.4 Å². The van der Waals surface area contributed by atoms with E-state index in [0.717, 1.165) is 35.1 Å². The van der Waals surface area contributed by atoms with Crippen molar-refractivity contribution >= 4 is 40.1 Å². The normalized spacial score (nSPS) is 14.8. The number of amides is 2. The van der Waals surface area contributed by atoms with E-state index in [2.05, 4.69) is 4.98 Å². The van der Waals surface area contributed by atoms with Crippen LogP contribution in [0.25, 0.3) is 22.4 Å². The first-order chi connectivity index (χ1) is 20.8. The summed E-state index contributed by atoms with van der Waals surface area (Å²) in [6, 6.07) is 16.4. The van der Waals surface area contributed by atoms with Crippen LogP contribution in [0.4, 0.5) is 15.3 Å². The second-order valence-corrected chi connectivity index (χ2v) is 11.6. The number of rotatable bonds is 11. The van der Waals surface area contributed by atoms with Crippen LogP contribution in [0.2, 0.25) is 0 Å². The van der Waals surface area contributed by atoms with Crippen LogP contribution >= 0.6 is 11.3 Å². The number of ether oxygens (including phenoxy) is 1. The molecule has 9 nitrogen and oxygen atoms in total. The molecule has 43 heavy (non-hydrogen) atoms. The third-order valence-electron chi connectivity index (χ3n) is 7.72. The van der Waals surface area contributed by atoms with E-state index in [1.165, 1.54) is 16.2 Å². The Morgan fingerprint density at radius 2 is 1.95 bits per heavy atom. The Morgan fingerprint density at radius 1 is 1.16 bits per heavy atom. The fourth-order valence-corrected chi connectivity index (χ4v) is 6.34. The van der Waals surface area contributed by atoms with Crippen LogP contribution in [0.5, 0.6) is 5.75 Å². The largest absolute Gasteiger partial charge is 0.481 e. The second kappa shape index (κ2) is 11.9. The highest BCUT2D eigenvalue weighted by molar-refractivity contribution is 7.14. The third-order valence-corrected chi connectivity index (χ3v) is 8.56. The zero-order chi connectivity index (χ0) is 30.1. The highest BCUT2D eigenvalue weighted by Gasteiger charge is 2.39. The van der Waals surface area contributed by atoms with Gasteiger partial charge in [0.15, 0.2) is 5.13 Å². The van der Waals surface area contributed by atoms with E-state index in [-0.39, 0.29) is 30.7 Å². The maximum atomic E-state index is 13.9. The molecule has 3 heterocycles. The number of carboxylic acid groups (broad SMARTS) is 1. The summed E-state index contributed by atoms with van der Waals surface area (Å²) in [5, 5.41) is 11.9. The summed E-state index contributed by atoms with van der Waals surface area (Å²) in [7, 11) is 1.69. The molecule has 220 valence electrons. The number of hydrogen-bond acceptors (Lipinski definition) is 7. The van der Waals surface area contributed by atoms with E-state index in [1.807, 2.05) is 41.8 Å². The second-order valence-electron chi connectivity index (χ2n) is 10.7. The molecule has 0 spiro atoms. The Balaban J connectivity index is 1.36. The molecule has 2 aromatic heterocycles. The number of hydrogen-bond donors (Lipinski definition) is 1. The Kier molecular flexibility index (Phi) is 7.90. The first kappa shape index (κ1) is 28.5. The maximum Gasteiger partial charge on any atom is 0.304 e. The van der Waals surface area contributed by atoms with Crippen molar-refractivity contribution in [2.24, 2.45) is 5.92 Å². The number of alkyl halides is 1. The Bertz CT molecular complexity index is 1690. The Labute approximate surface area is 251 Å². The summed E-state index contributed by atoms with van der Waals surface area (Å²) < 4.78 is 18.3. The molecule has 6 rings (SSSR count). The average molecular weight is 601 g/mol. The number of benzene rings is 2. The Hall–Kier alpha value is -4.64.